The fourth-order valence-electron chi connectivity index (χ4n) is 1.89. The van der Waals surface area contributed by atoms with Gasteiger partial charge in [-0.25, -0.2) is 0 Å². The maximum atomic E-state index is 12.2. The van der Waals surface area contributed by atoms with E-state index in [1.807, 2.05) is 37.0 Å². The molecule has 1 unspecified atom stereocenters. The Morgan fingerprint density at radius 3 is 2.61 bits per heavy atom. The van der Waals surface area contributed by atoms with Crippen LogP contribution in [0.1, 0.15) is 12.0 Å². The average Bonchev–Trinajstić information content (AvgIpc) is 2.55. The zero-order valence-corrected chi connectivity index (χ0v) is 14.6. The fraction of sp³-hybridized carbons (Fsp3) is 0.222. The summed E-state index contributed by atoms with van der Waals surface area (Å²) in [6.07, 6.45) is 6.77. The third kappa shape index (κ3) is 7.07. The summed E-state index contributed by atoms with van der Waals surface area (Å²) in [6.45, 7) is 6.02. The molecule has 0 bridgehead atoms. The third-order valence-electron chi connectivity index (χ3n) is 3.10. The summed E-state index contributed by atoms with van der Waals surface area (Å²) in [6, 6.07) is 9.80. The first-order valence-electron chi connectivity index (χ1n) is 7.32. The number of carbonyl (C=O) groups excluding carboxylic acids is 2. The van der Waals surface area contributed by atoms with Crippen LogP contribution in [-0.2, 0) is 16.1 Å². The van der Waals surface area contributed by atoms with Crippen LogP contribution in [0.3, 0.4) is 0 Å². The number of hydrogen-bond donors (Lipinski definition) is 1. The van der Waals surface area contributed by atoms with Gasteiger partial charge in [0, 0.05) is 25.6 Å². The van der Waals surface area contributed by atoms with Crippen molar-refractivity contribution in [1.82, 2.24) is 9.99 Å². The van der Waals surface area contributed by atoms with Gasteiger partial charge in [0.15, 0.2) is 0 Å². The van der Waals surface area contributed by atoms with E-state index < -0.39 is 0 Å². The van der Waals surface area contributed by atoms with Crippen LogP contribution in [0.5, 0.6) is 0 Å². The molecule has 1 atom stereocenters. The van der Waals surface area contributed by atoms with Crippen molar-refractivity contribution >= 4 is 20.5 Å². The van der Waals surface area contributed by atoms with Gasteiger partial charge in [-0.15, -0.1) is 0 Å². The van der Waals surface area contributed by atoms with Gasteiger partial charge < -0.3 is 9.99 Å². The molecule has 122 valence electrons. The number of nitrogens with zero attached hydrogens (tertiary/aromatic N) is 1. The molecule has 4 nitrogen and oxygen atoms in total. The fourth-order valence-corrected chi connectivity index (χ4v) is 2.26. The second-order valence-corrected chi connectivity index (χ2v) is 5.65. The molecule has 0 saturated heterocycles. The van der Waals surface area contributed by atoms with Gasteiger partial charge in [0.25, 0.3) is 5.91 Å². The van der Waals surface area contributed by atoms with E-state index in [-0.39, 0.29) is 18.2 Å². The van der Waals surface area contributed by atoms with E-state index in [9.17, 15) is 9.59 Å². The lowest BCUT2D eigenvalue weighted by atomic mass is 10.1. The van der Waals surface area contributed by atoms with E-state index in [1.165, 1.54) is 0 Å². The normalized spacial score (nSPS) is 11.8. The summed E-state index contributed by atoms with van der Waals surface area (Å²) in [5, 5.41) is 2.76. The van der Waals surface area contributed by atoms with Crippen molar-refractivity contribution in [3.63, 3.8) is 0 Å². The predicted octanol–water partition coefficient (Wildman–Crippen LogP) is 3.04. The largest absolute Gasteiger partial charge is 0.341 e. The monoisotopic (exact) mass is 330 g/mol. The molecular weight excluding hydrogens is 307 g/mol. The molecule has 0 radical (unpaired) electrons. The summed E-state index contributed by atoms with van der Waals surface area (Å²) in [5.41, 5.74) is 1.55. The van der Waals surface area contributed by atoms with Crippen molar-refractivity contribution in [2.24, 2.45) is 0 Å². The standard InChI is InChI=1S/C18H23N2O2P/c1-4-5-11-16(18(22)19-23-3)12-13-17(21)20(2)14-15-9-7-6-8-10-15/h4-12,23H,1,13-14H2,2-3H3,(H,19,22)/b11-5-,16-12+. The molecule has 0 heterocycles. The summed E-state index contributed by atoms with van der Waals surface area (Å²) < 4.78 is 0. The van der Waals surface area contributed by atoms with Crippen molar-refractivity contribution < 1.29 is 9.59 Å². The van der Waals surface area contributed by atoms with Gasteiger partial charge in [0.1, 0.15) is 0 Å². The molecule has 1 aromatic carbocycles. The molecule has 5 heteroatoms. The zero-order chi connectivity index (χ0) is 17.1. The highest BCUT2D eigenvalue weighted by Gasteiger charge is 2.10. The highest BCUT2D eigenvalue weighted by Crippen LogP contribution is 2.08. The zero-order valence-electron chi connectivity index (χ0n) is 13.6. The van der Waals surface area contributed by atoms with E-state index >= 15 is 0 Å². The molecule has 0 aliphatic heterocycles. The molecule has 23 heavy (non-hydrogen) atoms. The minimum atomic E-state index is -0.178. The number of nitrogens with one attached hydrogen (secondary N) is 1. The van der Waals surface area contributed by atoms with Gasteiger partial charge in [-0.05, 0) is 27.0 Å². The summed E-state index contributed by atoms with van der Waals surface area (Å²) >= 11 is 0. The number of carbonyl (C=O) groups is 2. The molecule has 2 amide bonds. The van der Waals surface area contributed by atoms with Crippen molar-refractivity contribution in [3.8, 4) is 0 Å². The van der Waals surface area contributed by atoms with Gasteiger partial charge >= 0.3 is 0 Å². The Bertz CT molecular complexity index is 594. The maximum absolute atomic E-state index is 12.2. The van der Waals surface area contributed by atoms with Gasteiger partial charge in [-0.3, -0.25) is 9.59 Å². The lowest BCUT2D eigenvalue weighted by molar-refractivity contribution is -0.129. The molecule has 0 spiro atoms. The van der Waals surface area contributed by atoms with E-state index in [1.54, 1.807) is 36.3 Å². The highest BCUT2D eigenvalue weighted by molar-refractivity contribution is 7.35. The first kappa shape index (κ1) is 18.9. The van der Waals surface area contributed by atoms with Gasteiger partial charge in [-0.1, -0.05) is 55.1 Å². The van der Waals surface area contributed by atoms with Crippen LogP contribution in [-0.4, -0.2) is 30.4 Å². The van der Waals surface area contributed by atoms with E-state index in [0.717, 1.165) is 5.56 Å². The molecule has 0 aromatic heterocycles. The summed E-state index contributed by atoms with van der Waals surface area (Å²) in [4.78, 5) is 25.8. The number of amides is 2. The first-order chi connectivity index (χ1) is 11.1. The Morgan fingerprint density at radius 2 is 2.00 bits per heavy atom. The van der Waals surface area contributed by atoms with Crippen LogP contribution in [0.2, 0.25) is 0 Å². The Hall–Kier alpha value is -2.19. The second kappa shape index (κ2) is 10.5. The predicted molar refractivity (Wildman–Crippen MR) is 97.3 cm³/mol. The Balaban J connectivity index is 2.69. The van der Waals surface area contributed by atoms with Crippen LogP contribution in [0.15, 0.2) is 66.8 Å². The van der Waals surface area contributed by atoms with E-state index in [4.69, 9.17) is 0 Å². The van der Waals surface area contributed by atoms with Crippen molar-refractivity contribution in [2.75, 3.05) is 13.7 Å². The number of rotatable bonds is 8. The van der Waals surface area contributed by atoms with Crippen LogP contribution >= 0.6 is 8.73 Å². The van der Waals surface area contributed by atoms with Crippen LogP contribution in [0.25, 0.3) is 0 Å². The van der Waals surface area contributed by atoms with Crippen LogP contribution in [0.4, 0.5) is 0 Å². The van der Waals surface area contributed by atoms with Crippen molar-refractivity contribution in [1.29, 1.82) is 0 Å². The lowest BCUT2D eigenvalue weighted by Gasteiger charge is -2.16. The van der Waals surface area contributed by atoms with Crippen molar-refractivity contribution in [2.45, 2.75) is 13.0 Å². The molecule has 1 aromatic rings. The van der Waals surface area contributed by atoms with Gasteiger partial charge in [-0.2, -0.15) is 0 Å². The maximum Gasteiger partial charge on any atom is 0.253 e. The molecular formula is C18H23N2O2P. The van der Waals surface area contributed by atoms with Crippen LogP contribution < -0.4 is 5.09 Å². The summed E-state index contributed by atoms with van der Waals surface area (Å²) in [5.74, 6) is -0.215. The average molecular weight is 330 g/mol. The van der Waals surface area contributed by atoms with Gasteiger partial charge in [0.2, 0.25) is 5.91 Å². The number of allylic oxidation sites excluding steroid dienone is 2. The Labute approximate surface area is 139 Å². The first-order valence-corrected chi connectivity index (χ1v) is 8.82. The number of hydrogen-bond acceptors (Lipinski definition) is 2. The third-order valence-corrected chi connectivity index (χ3v) is 3.57. The van der Waals surface area contributed by atoms with Crippen LogP contribution in [0, 0.1) is 0 Å². The molecule has 1 N–H and O–H groups in total. The van der Waals surface area contributed by atoms with E-state index in [0.29, 0.717) is 20.8 Å². The molecule has 0 saturated carbocycles. The highest BCUT2D eigenvalue weighted by atomic mass is 31.1. The smallest absolute Gasteiger partial charge is 0.253 e. The number of benzene rings is 1. The topological polar surface area (TPSA) is 49.4 Å². The minimum absolute atomic E-state index is 0.0369. The minimum Gasteiger partial charge on any atom is -0.341 e. The Morgan fingerprint density at radius 1 is 1.30 bits per heavy atom. The SMILES string of the molecule is C=C/C=C\C(=C/CC(=O)N(C)Cc1ccccc1)C(=O)NPC. The van der Waals surface area contributed by atoms with Crippen molar-refractivity contribution in [3.05, 3.63) is 72.4 Å². The Kier molecular flexibility index (Phi) is 8.63. The van der Waals surface area contributed by atoms with Gasteiger partial charge in [0.05, 0.1) is 0 Å². The quantitative estimate of drug-likeness (QED) is 0.452. The molecule has 0 aliphatic rings. The summed E-state index contributed by atoms with van der Waals surface area (Å²) in [7, 11) is 2.08. The molecule has 0 aliphatic carbocycles. The lowest BCUT2D eigenvalue weighted by Crippen LogP contribution is -2.25. The second-order valence-electron chi connectivity index (χ2n) is 4.90. The molecule has 1 rings (SSSR count). The van der Waals surface area contributed by atoms with E-state index in [2.05, 4.69) is 11.7 Å². The molecule has 0 fully saturated rings.